The highest BCUT2D eigenvalue weighted by atomic mass is 16.5. The highest BCUT2D eigenvalue weighted by Crippen LogP contribution is 2.20. The summed E-state index contributed by atoms with van der Waals surface area (Å²) in [7, 11) is 2.98. The molecule has 1 saturated heterocycles. The van der Waals surface area contributed by atoms with Crippen molar-refractivity contribution < 1.29 is 24.5 Å². The SMILES string of the molecule is COc1ncccc1C(=O)N(C)[C@@H]1COC[C@@H](O)[C@H]1O. The molecule has 1 aromatic heterocycles. The van der Waals surface area contributed by atoms with Gasteiger partial charge in [0, 0.05) is 13.2 Å². The van der Waals surface area contributed by atoms with Crippen molar-refractivity contribution in [2.24, 2.45) is 0 Å². The quantitative estimate of drug-likeness (QED) is 0.760. The van der Waals surface area contributed by atoms with Crippen LogP contribution in [-0.4, -0.2) is 71.6 Å². The number of hydrogen-bond donors (Lipinski definition) is 2. The topological polar surface area (TPSA) is 92.1 Å². The largest absolute Gasteiger partial charge is 0.480 e. The van der Waals surface area contributed by atoms with Crippen LogP contribution in [0.5, 0.6) is 5.88 Å². The van der Waals surface area contributed by atoms with Crippen LogP contribution in [0.3, 0.4) is 0 Å². The van der Waals surface area contributed by atoms with Gasteiger partial charge in [0.05, 0.1) is 26.4 Å². The molecule has 0 spiro atoms. The summed E-state index contributed by atoms with van der Waals surface area (Å²) < 4.78 is 10.2. The number of carbonyl (C=O) groups is 1. The first-order chi connectivity index (χ1) is 9.56. The number of hydrogen-bond acceptors (Lipinski definition) is 6. The molecular weight excluding hydrogens is 264 g/mol. The predicted octanol–water partition coefficient (Wildman–Crippen LogP) is -0.717. The van der Waals surface area contributed by atoms with E-state index >= 15 is 0 Å². The number of carbonyl (C=O) groups excluding carboxylic acids is 1. The third-order valence-corrected chi connectivity index (χ3v) is 3.38. The van der Waals surface area contributed by atoms with Crippen molar-refractivity contribution in [1.29, 1.82) is 0 Å². The van der Waals surface area contributed by atoms with Gasteiger partial charge >= 0.3 is 0 Å². The minimum Gasteiger partial charge on any atom is -0.480 e. The minimum atomic E-state index is -1.04. The first kappa shape index (κ1) is 14.7. The number of pyridine rings is 1. The van der Waals surface area contributed by atoms with Crippen LogP contribution in [0.15, 0.2) is 18.3 Å². The Labute approximate surface area is 116 Å². The Bertz CT molecular complexity index is 482. The van der Waals surface area contributed by atoms with E-state index in [1.165, 1.54) is 18.2 Å². The van der Waals surface area contributed by atoms with Crippen LogP contribution in [0.4, 0.5) is 0 Å². The number of aromatic nitrogens is 1. The van der Waals surface area contributed by atoms with Gasteiger partial charge in [0.15, 0.2) is 0 Å². The fraction of sp³-hybridized carbons (Fsp3) is 0.538. The second kappa shape index (κ2) is 6.17. The average molecular weight is 282 g/mol. The van der Waals surface area contributed by atoms with Gasteiger partial charge in [-0.1, -0.05) is 0 Å². The summed E-state index contributed by atoms with van der Waals surface area (Å²) in [6.45, 7) is 0.235. The molecule has 0 unspecified atom stereocenters. The van der Waals surface area contributed by atoms with E-state index in [0.29, 0.717) is 5.56 Å². The van der Waals surface area contributed by atoms with Crippen LogP contribution in [0.25, 0.3) is 0 Å². The first-order valence-electron chi connectivity index (χ1n) is 6.26. The van der Waals surface area contributed by atoms with Crippen LogP contribution in [0.1, 0.15) is 10.4 Å². The van der Waals surface area contributed by atoms with Gasteiger partial charge in [0.2, 0.25) is 5.88 Å². The molecule has 20 heavy (non-hydrogen) atoms. The summed E-state index contributed by atoms with van der Waals surface area (Å²) in [6.07, 6.45) is -0.516. The number of likely N-dealkylation sites (N-methyl/N-ethyl adjacent to an activating group) is 1. The van der Waals surface area contributed by atoms with E-state index in [1.54, 1.807) is 19.2 Å². The lowest BCUT2D eigenvalue weighted by Crippen LogP contribution is -2.56. The van der Waals surface area contributed by atoms with E-state index in [2.05, 4.69) is 4.98 Å². The van der Waals surface area contributed by atoms with Crippen molar-refractivity contribution >= 4 is 5.91 Å². The van der Waals surface area contributed by atoms with Crippen molar-refractivity contribution in [3.05, 3.63) is 23.9 Å². The van der Waals surface area contributed by atoms with Gasteiger partial charge in [-0.25, -0.2) is 4.98 Å². The normalized spacial score (nSPS) is 26.1. The molecule has 2 N–H and O–H groups in total. The fourth-order valence-corrected chi connectivity index (χ4v) is 2.16. The molecule has 1 amide bonds. The van der Waals surface area contributed by atoms with Crippen molar-refractivity contribution in [3.8, 4) is 5.88 Å². The van der Waals surface area contributed by atoms with Crippen molar-refractivity contribution in [2.75, 3.05) is 27.4 Å². The van der Waals surface area contributed by atoms with Crippen LogP contribution in [-0.2, 0) is 4.74 Å². The zero-order valence-corrected chi connectivity index (χ0v) is 11.4. The van der Waals surface area contributed by atoms with E-state index in [-0.39, 0.29) is 25.0 Å². The van der Waals surface area contributed by atoms with Gasteiger partial charge in [-0.15, -0.1) is 0 Å². The lowest BCUT2D eigenvalue weighted by Gasteiger charge is -2.37. The van der Waals surface area contributed by atoms with Gasteiger partial charge in [-0.3, -0.25) is 4.79 Å². The van der Waals surface area contributed by atoms with E-state index in [0.717, 1.165) is 0 Å². The number of aliphatic hydroxyl groups excluding tert-OH is 2. The predicted molar refractivity (Wildman–Crippen MR) is 69.5 cm³/mol. The molecule has 2 heterocycles. The Morgan fingerprint density at radius 2 is 2.25 bits per heavy atom. The van der Waals surface area contributed by atoms with Crippen molar-refractivity contribution in [3.63, 3.8) is 0 Å². The molecule has 0 aliphatic carbocycles. The Morgan fingerprint density at radius 3 is 2.95 bits per heavy atom. The summed E-state index contributed by atoms with van der Waals surface area (Å²) in [5.74, 6) is -0.132. The molecule has 7 nitrogen and oxygen atoms in total. The van der Waals surface area contributed by atoms with E-state index in [1.807, 2.05) is 0 Å². The van der Waals surface area contributed by atoms with Gasteiger partial charge < -0.3 is 24.6 Å². The Balaban J connectivity index is 2.19. The standard InChI is InChI=1S/C13H18N2O5/c1-15(9-6-20-7-10(16)11(9)17)13(18)8-4-3-5-14-12(8)19-2/h3-5,9-11,16-17H,6-7H2,1-2H3/t9-,10-,11+/m1/s1. The summed E-state index contributed by atoms with van der Waals surface area (Å²) in [5, 5.41) is 19.6. The molecule has 1 fully saturated rings. The highest BCUT2D eigenvalue weighted by molar-refractivity contribution is 5.96. The number of ether oxygens (including phenoxy) is 2. The zero-order valence-electron chi connectivity index (χ0n) is 11.4. The number of amides is 1. The molecule has 2 rings (SSSR count). The number of aliphatic hydroxyl groups is 2. The first-order valence-corrected chi connectivity index (χ1v) is 6.26. The molecule has 1 aliphatic heterocycles. The number of rotatable bonds is 3. The lowest BCUT2D eigenvalue weighted by atomic mass is 10.0. The van der Waals surface area contributed by atoms with Gasteiger partial charge in [-0.2, -0.15) is 0 Å². The number of nitrogens with zero attached hydrogens (tertiary/aromatic N) is 2. The maximum atomic E-state index is 12.4. The molecule has 7 heteroatoms. The van der Waals surface area contributed by atoms with Crippen LogP contribution >= 0.6 is 0 Å². The summed E-state index contributed by atoms with van der Waals surface area (Å²) in [5.41, 5.74) is 0.296. The second-order valence-corrected chi connectivity index (χ2v) is 4.64. The molecule has 0 bridgehead atoms. The van der Waals surface area contributed by atoms with E-state index in [4.69, 9.17) is 9.47 Å². The zero-order chi connectivity index (χ0) is 14.7. The molecule has 3 atom stereocenters. The molecular formula is C13H18N2O5. The Morgan fingerprint density at radius 1 is 1.50 bits per heavy atom. The summed E-state index contributed by atoms with van der Waals surface area (Å²) >= 11 is 0. The van der Waals surface area contributed by atoms with Crippen LogP contribution < -0.4 is 4.74 Å². The van der Waals surface area contributed by atoms with Gasteiger partial charge in [-0.05, 0) is 12.1 Å². The van der Waals surface area contributed by atoms with Crippen LogP contribution in [0, 0.1) is 0 Å². The fourth-order valence-electron chi connectivity index (χ4n) is 2.16. The Kier molecular flexibility index (Phi) is 4.53. The molecule has 0 saturated carbocycles. The van der Waals surface area contributed by atoms with Crippen molar-refractivity contribution in [1.82, 2.24) is 9.88 Å². The maximum Gasteiger partial charge on any atom is 0.259 e. The Hall–Kier alpha value is -1.70. The average Bonchev–Trinajstić information content (AvgIpc) is 2.48. The highest BCUT2D eigenvalue weighted by Gasteiger charge is 2.36. The smallest absolute Gasteiger partial charge is 0.259 e. The molecule has 1 aromatic rings. The molecule has 1 aliphatic rings. The summed E-state index contributed by atoms with van der Waals surface area (Å²) in [6, 6.07) is 2.61. The van der Waals surface area contributed by atoms with E-state index < -0.39 is 18.2 Å². The minimum absolute atomic E-state index is 0.0654. The number of methoxy groups -OCH3 is 1. The molecule has 110 valence electrons. The third kappa shape index (κ3) is 2.74. The second-order valence-electron chi connectivity index (χ2n) is 4.64. The maximum absolute atomic E-state index is 12.4. The van der Waals surface area contributed by atoms with Crippen LogP contribution in [0.2, 0.25) is 0 Å². The molecule has 0 aromatic carbocycles. The van der Waals surface area contributed by atoms with Crippen molar-refractivity contribution in [2.45, 2.75) is 18.2 Å². The third-order valence-electron chi connectivity index (χ3n) is 3.38. The van der Waals surface area contributed by atoms with Gasteiger partial charge in [0.25, 0.3) is 5.91 Å². The monoisotopic (exact) mass is 282 g/mol. The van der Waals surface area contributed by atoms with E-state index in [9.17, 15) is 15.0 Å². The lowest BCUT2D eigenvalue weighted by molar-refractivity contribution is -0.122. The summed E-state index contributed by atoms with van der Waals surface area (Å²) in [4.78, 5) is 17.7. The van der Waals surface area contributed by atoms with Gasteiger partial charge in [0.1, 0.15) is 17.8 Å². The molecule has 0 radical (unpaired) electrons.